The molecule has 1 aromatic carbocycles. The molecule has 1 fully saturated rings. The topological polar surface area (TPSA) is 61.0 Å². The van der Waals surface area contributed by atoms with Gasteiger partial charge in [0.25, 0.3) is 0 Å². The maximum Gasteiger partial charge on any atom is 0.152 e. The molecule has 2 aromatic heterocycles. The summed E-state index contributed by atoms with van der Waals surface area (Å²) in [7, 11) is 2.07. The Morgan fingerprint density at radius 2 is 2.07 bits per heavy atom. The summed E-state index contributed by atoms with van der Waals surface area (Å²) in [6.07, 6.45) is 7.88. The summed E-state index contributed by atoms with van der Waals surface area (Å²) >= 11 is 0. The lowest BCUT2D eigenvalue weighted by Gasteiger charge is -2.32. The molecular weight excluding hydrogens is 352 g/mol. The predicted molar refractivity (Wildman–Crippen MR) is 107 cm³/mol. The first-order chi connectivity index (χ1) is 13.7. The number of hydrogen-bond donors (Lipinski definition) is 0. The third-order valence-electron chi connectivity index (χ3n) is 5.42. The number of piperidine rings is 1. The number of benzene rings is 1. The number of hydrogen-bond acceptors (Lipinski definition) is 5. The van der Waals surface area contributed by atoms with Crippen LogP contribution in [0, 0.1) is 0 Å². The van der Waals surface area contributed by atoms with Crippen LogP contribution in [0.15, 0.2) is 43.0 Å². The van der Waals surface area contributed by atoms with Crippen molar-refractivity contribution >= 4 is 0 Å². The van der Waals surface area contributed by atoms with Crippen LogP contribution in [0.25, 0.3) is 0 Å². The van der Waals surface area contributed by atoms with Crippen molar-refractivity contribution in [2.45, 2.75) is 38.8 Å². The molecule has 0 N–H and O–H groups in total. The largest absolute Gasteiger partial charge is 0.494 e. The molecule has 7 nitrogen and oxygen atoms in total. The predicted octanol–water partition coefficient (Wildman–Crippen LogP) is 2.84. The van der Waals surface area contributed by atoms with E-state index in [4.69, 9.17) is 4.74 Å². The summed E-state index contributed by atoms with van der Waals surface area (Å²) in [5.41, 5.74) is 1.25. The molecule has 148 valence electrons. The lowest BCUT2D eigenvalue weighted by molar-refractivity contribution is 0.192. The molecule has 0 aliphatic carbocycles. The monoisotopic (exact) mass is 380 g/mol. The van der Waals surface area contributed by atoms with E-state index in [0.717, 1.165) is 43.5 Å². The summed E-state index contributed by atoms with van der Waals surface area (Å²) in [6, 6.07) is 8.35. The third kappa shape index (κ3) is 4.09. The van der Waals surface area contributed by atoms with Gasteiger partial charge < -0.3 is 13.9 Å². The minimum absolute atomic E-state index is 0.405. The van der Waals surface area contributed by atoms with E-state index in [1.165, 1.54) is 12.0 Å². The average molecular weight is 380 g/mol. The van der Waals surface area contributed by atoms with Gasteiger partial charge in [-0.25, -0.2) is 4.98 Å². The standard InChI is InChI=1S/C21H28N6O/c1-3-28-19-9-5-4-7-17(19)13-26-11-6-8-18(14-26)21-24-23-20(25(21)2)15-27-12-10-22-16-27/h4-5,7,9-10,12,16,18H,3,6,8,11,13-15H2,1-2H3/t18-/m0/s1. The number of para-hydroxylation sites is 1. The molecule has 0 saturated carbocycles. The van der Waals surface area contributed by atoms with Crippen molar-refractivity contribution in [2.24, 2.45) is 7.05 Å². The Bertz CT molecular complexity index is 888. The van der Waals surface area contributed by atoms with Crippen molar-refractivity contribution in [3.63, 3.8) is 0 Å². The van der Waals surface area contributed by atoms with Crippen LogP contribution in [0.4, 0.5) is 0 Å². The van der Waals surface area contributed by atoms with E-state index in [2.05, 4.69) is 49.9 Å². The number of aromatic nitrogens is 5. The van der Waals surface area contributed by atoms with Crippen LogP contribution in [-0.4, -0.2) is 48.9 Å². The summed E-state index contributed by atoms with van der Waals surface area (Å²) in [5, 5.41) is 8.98. The van der Waals surface area contributed by atoms with Crippen molar-refractivity contribution in [3.05, 3.63) is 60.2 Å². The van der Waals surface area contributed by atoms with Crippen molar-refractivity contribution in [2.75, 3.05) is 19.7 Å². The normalized spacial score (nSPS) is 17.7. The molecule has 28 heavy (non-hydrogen) atoms. The van der Waals surface area contributed by atoms with Crippen LogP contribution in [0.1, 0.15) is 42.9 Å². The Hall–Kier alpha value is -2.67. The molecule has 1 aliphatic heterocycles. The second-order valence-corrected chi connectivity index (χ2v) is 7.38. The number of likely N-dealkylation sites (tertiary alicyclic amines) is 1. The molecule has 1 aliphatic rings. The Labute approximate surface area is 166 Å². The minimum Gasteiger partial charge on any atom is -0.494 e. The first-order valence-electron chi connectivity index (χ1n) is 10.0. The number of nitrogens with zero attached hydrogens (tertiary/aromatic N) is 6. The minimum atomic E-state index is 0.405. The van der Waals surface area contributed by atoms with Crippen LogP contribution < -0.4 is 4.74 Å². The van der Waals surface area contributed by atoms with Crippen LogP contribution in [0.3, 0.4) is 0 Å². The van der Waals surface area contributed by atoms with Crippen molar-refractivity contribution < 1.29 is 4.74 Å². The van der Waals surface area contributed by atoms with Gasteiger partial charge in [0.05, 0.1) is 19.5 Å². The van der Waals surface area contributed by atoms with Gasteiger partial charge in [0.2, 0.25) is 0 Å². The maximum absolute atomic E-state index is 5.80. The van der Waals surface area contributed by atoms with E-state index in [-0.39, 0.29) is 0 Å². The SMILES string of the molecule is CCOc1ccccc1CN1CCC[C@H](c2nnc(Cn3ccnc3)n2C)C1. The zero-order chi connectivity index (χ0) is 19.3. The second kappa shape index (κ2) is 8.56. The molecule has 7 heteroatoms. The lowest BCUT2D eigenvalue weighted by Crippen LogP contribution is -2.35. The summed E-state index contributed by atoms with van der Waals surface area (Å²) < 4.78 is 9.98. The fraction of sp³-hybridized carbons (Fsp3) is 0.476. The average Bonchev–Trinajstić information content (AvgIpc) is 3.35. The summed E-state index contributed by atoms with van der Waals surface area (Å²) in [4.78, 5) is 6.61. The van der Waals surface area contributed by atoms with Gasteiger partial charge in [-0.1, -0.05) is 18.2 Å². The quantitative estimate of drug-likeness (QED) is 0.631. The van der Waals surface area contributed by atoms with E-state index in [9.17, 15) is 0 Å². The molecule has 0 spiro atoms. The van der Waals surface area contributed by atoms with E-state index >= 15 is 0 Å². The Morgan fingerprint density at radius 1 is 1.18 bits per heavy atom. The molecule has 0 bridgehead atoms. The number of ether oxygens (including phenoxy) is 1. The fourth-order valence-corrected chi connectivity index (χ4v) is 3.99. The molecular formula is C21H28N6O. The van der Waals surface area contributed by atoms with Gasteiger partial charge in [-0.3, -0.25) is 4.90 Å². The van der Waals surface area contributed by atoms with Gasteiger partial charge in [-0.05, 0) is 32.4 Å². The molecule has 3 aromatic rings. The van der Waals surface area contributed by atoms with E-state index in [1.807, 2.05) is 30.1 Å². The highest BCUT2D eigenvalue weighted by Crippen LogP contribution is 2.28. The van der Waals surface area contributed by atoms with Gasteiger partial charge in [-0.2, -0.15) is 0 Å². The first-order valence-corrected chi connectivity index (χ1v) is 10.0. The molecule has 0 unspecified atom stereocenters. The maximum atomic E-state index is 5.80. The second-order valence-electron chi connectivity index (χ2n) is 7.38. The molecule has 4 rings (SSSR count). The van der Waals surface area contributed by atoms with Crippen molar-refractivity contribution in [1.29, 1.82) is 0 Å². The van der Waals surface area contributed by atoms with E-state index < -0.39 is 0 Å². The van der Waals surface area contributed by atoms with Crippen LogP contribution in [0.5, 0.6) is 5.75 Å². The summed E-state index contributed by atoms with van der Waals surface area (Å²) in [6.45, 7) is 6.43. The van der Waals surface area contributed by atoms with Gasteiger partial charge in [0, 0.05) is 44.0 Å². The van der Waals surface area contributed by atoms with Gasteiger partial charge >= 0.3 is 0 Å². The third-order valence-corrected chi connectivity index (χ3v) is 5.42. The number of rotatable bonds is 7. The van der Waals surface area contributed by atoms with Crippen LogP contribution >= 0.6 is 0 Å². The molecule has 1 saturated heterocycles. The van der Waals surface area contributed by atoms with Crippen LogP contribution in [-0.2, 0) is 20.1 Å². The molecule has 0 radical (unpaired) electrons. The lowest BCUT2D eigenvalue weighted by atomic mass is 9.96. The highest BCUT2D eigenvalue weighted by atomic mass is 16.5. The van der Waals surface area contributed by atoms with Gasteiger partial charge in [0.15, 0.2) is 5.82 Å². The smallest absolute Gasteiger partial charge is 0.152 e. The number of imidazole rings is 1. The highest BCUT2D eigenvalue weighted by Gasteiger charge is 2.26. The van der Waals surface area contributed by atoms with Crippen molar-refractivity contribution in [3.8, 4) is 5.75 Å². The Kier molecular flexibility index (Phi) is 5.71. The Morgan fingerprint density at radius 3 is 2.89 bits per heavy atom. The van der Waals surface area contributed by atoms with Gasteiger partial charge in [0.1, 0.15) is 11.6 Å². The Balaban J connectivity index is 1.45. The first kappa shape index (κ1) is 18.7. The van der Waals surface area contributed by atoms with Gasteiger partial charge in [-0.15, -0.1) is 10.2 Å². The fourth-order valence-electron chi connectivity index (χ4n) is 3.99. The van der Waals surface area contributed by atoms with Crippen molar-refractivity contribution in [1.82, 2.24) is 29.2 Å². The molecule has 1 atom stereocenters. The van der Waals surface area contributed by atoms with E-state index in [1.54, 1.807) is 6.20 Å². The zero-order valence-corrected chi connectivity index (χ0v) is 16.7. The molecule has 0 amide bonds. The van der Waals surface area contributed by atoms with Crippen LogP contribution in [0.2, 0.25) is 0 Å². The zero-order valence-electron chi connectivity index (χ0n) is 16.7. The summed E-state index contributed by atoms with van der Waals surface area (Å²) in [5.74, 6) is 3.44. The molecule has 3 heterocycles. The highest BCUT2D eigenvalue weighted by molar-refractivity contribution is 5.33. The van der Waals surface area contributed by atoms with E-state index in [0.29, 0.717) is 19.1 Å².